The first-order chi connectivity index (χ1) is 9.74. The molecule has 0 spiro atoms. The van der Waals surface area contributed by atoms with Gasteiger partial charge in [0.1, 0.15) is 17.1 Å². The molecule has 0 amide bonds. The number of pyridine rings is 1. The number of aldehydes is 1. The number of fused-ring (bicyclic) bond motifs is 1. The molecule has 4 nitrogen and oxygen atoms in total. The molecule has 2 aromatic heterocycles. The molecule has 0 unspecified atom stereocenters. The maximum absolute atomic E-state index is 11.4. The van der Waals surface area contributed by atoms with E-state index in [1.807, 2.05) is 24.3 Å². The van der Waals surface area contributed by atoms with E-state index < -0.39 is 0 Å². The second-order valence-corrected chi connectivity index (χ2v) is 4.65. The molecule has 100 valence electrons. The predicted octanol–water partition coefficient (Wildman–Crippen LogP) is 3.48. The van der Waals surface area contributed by atoms with Crippen molar-refractivity contribution >= 4 is 23.5 Å². The summed E-state index contributed by atoms with van der Waals surface area (Å²) >= 11 is 6.12. The van der Waals surface area contributed by atoms with E-state index in [9.17, 15) is 4.79 Å². The summed E-state index contributed by atoms with van der Waals surface area (Å²) in [6, 6.07) is 10.9. The third-order valence-corrected chi connectivity index (χ3v) is 3.39. The van der Waals surface area contributed by atoms with Gasteiger partial charge in [-0.1, -0.05) is 23.7 Å². The van der Waals surface area contributed by atoms with Gasteiger partial charge in [0, 0.05) is 11.8 Å². The average Bonchev–Trinajstić information content (AvgIpc) is 2.87. The average molecular weight is 287 g/mol. The lowest BCUT2D eigenvalue weighted by molar-refractivity contribution is 0.111. The highest BCUT2D eigenvalue weighted by Crippen LogP contribution is 2.28. The van der Waals surface area contributed by atoms with Crippen LogP contribution in [0.2, 0.25) is 5.02 Å². The Bertz CT molecular complexity index is 796. The fraction of sp³-hybridized carbons (Fsp3) is 0.0667. The van der Waals surface area contributed by atoms with E-state index in [4.69, 9.17) is 16.3 Å². The molecule has 1 aromatic carbocycles. The molecule has 2 heterocycles. The van der Waals surface area contributed by atoms with Crippen LogP contribution in [0.1, 0.15) is 10.5 Å². The van der Waals surface area contributed by atoms with Crippen molar-refractivity contribution in [2.24, 2.45) is 0 Å². The number of nitrogens with zero attached hydrogens (tertiary/aromatic N) is 2. The standard InChI is InChI=1S/C15H11ClN2O2/c1-20-11-5-2-4-10(8-11)14-13(9-19)18-7-3-6-12(16)15(18)17-14/h2-9H,1H3. The third-order valence-electron chi connectivity index (χ3n) is 3.09. The molecular formula is C15H11ClN2O2. The Morgan fingerprint density at radius 2 is 2.15 bits per heavy atom. The second-order valence-electron chi connectivity index (χ2n) is 4.25. The molecule has 0 aliphatic heterocycles. The molecule has 0 aliphatic rings. The van der Waals surface area contributed by atoms with Crippen LogP contribution in [0.25, 0.3) is 16.9 Å². The number of benzene rings is 1. The van der Waals surface area contributed by atoms with Gasteiger partial charge in [-0.05, 0) is 24.3 Å². The largest absolute Gasteiger partial charge is 0.497 e. The highest BCUT2D eigenvalue weighted by atomic mass is 35.5. The van der Waals surface area contributed by atoms with Crippen molar-refractivity contribution in [3.63, 3.8) is 0 Å². The SMILES string of the molecule is COc1cccc(-c2nc3c(Cl)cccn3c2C=O)c1. The van der Waals surface area contributed by atoms with Crippen LogP contribution in [-0.4, -0.2) is 22.8 Å². The van der Waals surface area contributed by atoms with Gasteiger partial charge < -0.3 is 4.74 Å². The van der Waals surface area contributed by atoms with E-state index in [1.165, 1.54) is 0 Å². The molecule has 0 radical (unpaired) electrons. The van der Waals surface area contributed by atoms with Crippen LogP contribution in [-0.2, 0) is 0 Å². The topological polar surface area (TPSA) is 43.6 Å². The summed E-state index contributed by atoms with van der Waals surface area (Å²) < 4.78 is 6.88. The minimum Gasteiger partial charge on any atom is -0.497 e. The number of hydrogen-bond acceptors (Lipinski definition) is 3. The van der Waals surface area contributed by atoms with Crippen molar-refractivity contribution in [2.45, 2.75) is 0 Å². The number of ether oxygens (including phenoxy) is 1. The van der Waals surface area contributed by atoms with Crippen LogP contribution in [0.15, 0.2) is 42.6 Å². The Balaban J connectivity index is 2.30. The van der Waals surface area contributed by atoms with Gasteiger partial charge in [-0.2, -0.15) is 0 Å². The molecule has 0 saturated carbocycles. The number of halogens is 1. The van der Waals surface area contributed by atoms with Crippen LogP contribution in [0, 0.1) is 0 Å². The molecule has 0 fully saturated rings. The molecule has 0 bridgehead atoms. The van der Waals surface area contributed by atoms with E-state index in [0.717, 1.165) is 11.8 Å². The maximum atomic E-state index is 11.4. The van der Waals surface area contributed by atoms with E-state index in [0.29, 0.717) is 27.8 Å². The van der Waals surface area contributed by atoms with Crippen LogP contribution < -0.4 is 4.74 Å². The summed E-state index contributed by atoms with van der Waals surface area (Å²) in [6.45, 7) is 0. The van der Waals surface area contributed by atoms with Gasteiger partial charge in [-0.25, -0.2) is 4.98 Å². The van der Waals surface area contributed by atoms with Crippen molar-refractivity contribution < 1.29 is 9.53 Å². The number of hydrogen-bond donors (Lipinski definition) is 0. The van der Waals surface area contributed by atoms with Gasteiger partial charge in [-0.3, -0.25) is 9.20 Å². The summed E-state index contributed by atoms with van der Waals surface area (Å²) in [5.74, 6) is 0.711. The Morgan fingerprint density at radius 1 is 1.30 bits per heavy atom. The fourth-order valence-corrected chi connectivity index (χ4v) is 2.35. The normalized spacial score (nSPS) is 10.7. The molecule has 0 atom stereocenters. The minimum absolute atomic E-state index is 0.468. The summed E-state index contributed by atoms with van der Waals surface area (Å²) in [5, 5.41) is 0.504. The Labute approximate surface area is 120 Å². The van der Waals surface area contributed by atoms with Crippen LogP contribution in [0.3, 0.4) is 0 Å². The van der Waals surface area contributed by atoms with Gasteiger partial charge in [-0.15, -0.1) is 0 Å². The summed E-state index contributed by atoms with van der Waals surface area (Å²) in [5.41, 5.74) is 2.43. The van der Waals surface area contributed by atoms with Gasteiger partial charge in [0.2, 0.25) is 0 Å². The highest BCUT2D eigenvalue weighted by Gasteiger charge is 2.15. The molecule has 3 aromatic rings. The predicted molar refractivity (Wildman–Crippen MR) is 77.6 cm³/mol. The van der Waals surface area contributed by atoms with Gasteiger partial charge in [0.15, 0.2) is 11.9 Å². The van der Waals surface area contributed by atoms with E-state index in [1.54, 1.807) is 29.8 Å². The molecular weight excluding hydrogens is 276 g/mol. The lowest BCUT2D eigenvalue weighted by Gasteiger charge is -2.02. The number of carbonyl (C=O) groups is 1. The first-order valence-electron chi connectivity index (χ1n) is 6.01. The molecule has 0 saturated heterocycles. The molecule has 0 aliphatic carbocycles. The van der Waals surface area contributed by atoms with Gasteiger partial charge in [0.05, 0.1) is 12.1 Å². The minimum atomic E-state index is 0.468. The Kier molecular flexibility index (Phi) is 3.16. The number of rotatable bonds is 3. The number of methoxy groups -OCH3 is 1. The molecule has 3 rings (SSSR count). The molecule has 5 heteroatoms. The first-order valence-corrected chi connectivity index (χ1v) is 6.38. The summed E-state index contributed by atoms with van der Waals surface area (Å²) in [6.07, 6.45) is 2.55. The second kappa shape index (κ2) is 4.98. The van der Waals surface area contributed by atoms with Crippen LogP contribution >= 0.6 is 11.6 Å². The Hall–Kier alpha value is -2.33. The highest BCUT2D eigenvalue weighted by molar-refractivity contribution is 6.33. The quantitative estimate of drug-likeness (QED) is 0.692. The summed E-state index contributed by atoms with van der Waals surface area (Å²) in [4.78, 5) is 15.9. The van der Waals surface area contributed by atoms with Crippen molar-refractivity contribution in [3.05, 3.63) is 53.3 Å². The third kappa shape index (κ3) is 1.94. The van der Waals surface area contributed by atoms with E-state index >= 15 is 0 Å². The monoisotopic (exact) mass is 286 g/mol. The molecule has 20 heavy (non-hydrogen) atoms. The number of carbonyl (C=O) groups excluding carboxylic acids is 1. The van der Waals surface area contributed by atoms with Gasteiger partial charge >= 0.3 is 0 Å². The smallest absolute Gasteiger partial charge is 0.169 e. The van der Waals surface area contributed by atoms with Crippen LogP contribution in [0.4, 0.5) is 0 Å². The summed E-state index contributed by atoms with van der Waals surface area (Å²) in [7, 11) is 1.60. The lowest BCUT2D eigenvalue weighted by atomic mass is 10.1. The van der Waals surface area contributed by atoms with E-state index in [2.05, 4.69) is 4.98 Å². The van der Waals surface area contributed by atoms with Crippen molar-refractivity contribution in [1.29, 1.82) is 0 Å². The lowest BCUT2D eigenvalue weighted by Crippen LogP contribution is -1.92. The zero-order valence-electron chi connectivity index (χ0n) is 10.7. The zero-order valence-corrected chi connectivity index (χ0v) is 11.5. The first kappa shape index (κ1) is 12.7. The Morgan fingerprint density at radius 3 is 2.90 bits per heavy atom. The van der Waals surface area contributed by atoms with Gasteiger partial charge in [0.25, 0.3) is 0 Å². The maximum Gasteiger partial charge on any atom is 0.169 e. The van der Waals surface area contributed by atoms with E-state index in [-0.39, 0.29) is 0 Å². The fourth-order valence-electron chi connectivity index (χ4n) is 2.15. The number of imidazole rings is 1. The van der Waals surface area contributed by atoms with Crippen LogP contribution in [0.5, 0.6) is 5.75 Å². The van der Waals surface area contributed by atoms with Crippen molar-refractivity contribution in [3.8, 4) is 17.0 Å². The number of aromatic nitrogens is 2. The molecule has 0 N–H and O–H groups in total. The zero-order chi connectivity index (χ0) is 14.1. The van der Waals surface area contributed by atoms with Crippen molar-refractivity contribution in [1.82, 2.24) is 9.38 Å². The van der Waals surface area contributed by atoms with Crippen molar-refractivity contribution in [2.75, 3.05) is 7.11 Å².